The minimum absolute atomic E-state index is 0.0178. The summed E-state index contributed by atoms with van der Waals surface area (Å²) in [7, 11) is -1.09. The maximum Gasteiger partial charge on any atom is 0.329 e. The number of fused-ring (bicyclic) bond motifs is 1. The van der Waals surface area contributed by atoms with Gasteiger partial charge in [-0.3, -0.25) is 9.59 Å². The highest BCUT2D eigenvalue weighted by Crippen LogP contribution is 2.33. The van der Waals surface area contributed by atoms with Gasteiger partial charge in [-0.2, -0.15) is 4.31 Å². The molecule has 4 rings (SSSR count). The summed E-state index contributed by atoms with van der Waals surface area (Å²) in [4.78, 5) is 44.7. The van der Waals surface area contributed by atoms with Crippen molar-refractivity contribution in [3.05, 3.63) is 54.2 Å². The van der Waals surface area contributed by atoms with Gasteiger partial charge in [0, 0.05) is 42.2 Å². The number of ether oxygens (including phenoxy) is 3. The lowest BCUT2D eigenvalue weighted by Gasteiger charge is -2.33. The molecular weight excluding hydrogens is 662 g/mol. The highest BCUT2D eigenvalue weighted by atomic mass is 32.2. The zero-order chi connectivity index (χ0) is 36.6. The topological polar surface area (TPSA) is 182 Å². The Morgan fingerprint density at radius 2 is 1.76 bits per heavy atom. The molecule has 14 heteroatoms. The summed E-state index contributed by atoms with van der Waals surface area (Å²) < 4.78 is 44.9. The van der Waals surface area contributed by atoms with E-state index in [-0.39, 0.29) is 23.7 Å². The second-order valence-electron chi connectivity index (χ2n) is 13.7. The Balaban J connectivity index is 1.60. The normalized spacial score (nSPS) is 17.4. The molecule has 2 aromatic carbocycles. The Kier molecular flexibility index (Phi) is 12.9. The first kappa shape index (κ1) is 38.7. The standard InChI is InChI=1S/C36H51N5O8S/c1-23(27-21-38-28-14-8-7-13-26(27)28)32(34(43)39-29(15-9-10-18-37)35(44)49-36(2,3)4)40-33(42)24-12-11-19-41(22-24)50(45,46)25-16-17-30(47-5)31(20-25)48-6/h7-8,13-14,16-17,20-21,23-24,29,32,38H,9-12,15,18-19,22,37H2,1-6H3,(H,39,43)(H,40,42)/t23-,24?,29-,32?/m0/s1. The van der Waals surface area contributed by atoms with Gasteiger partial charge in [-0.15, -0.1) is 0 Å². The average molecular weight is 714 g/mol. The van der Waals surface area contributed by atoms with Gasteiger partial charge in [0.05, 0.1) is 25.0 Å². The quantitative estimate of drug-likeness (QED) is 0.134. The molecule has 1 saturated heterocycles. The Morgan fingerprint density at radius 3 is 2.44 bits per heavy atom. The molecule has 1 aliphatic rings. The number of carbonyl (C=O) groups excluding carboxylic acids is 3. The largest absolute Gasteiger partial charge is 0.493 e. The van der Waals surface area contributed by atoms with E-state index in [0.29, 0.717) is 44.4 Å². The van der Waals surface area contributed by atoms with Crippen molar-refractivity contribution in [2.75, 3.05) is 33.9 Å². The second-order valence-corrected chi connectivity index (χ2v) is 15.6. The second kappa shape index (κ2) is 16.7. The maximum atomic E-state index is 14.2. The van der Waals surface area contributed by atoms with E-state index < -0.39 is 57.3 Å². The van der Waals surface area contributed by atoms with Crippen molar-refractivity contribution in [3.63, 3.8) is 0 Å². The van der Waals surface area contributed by atoms with Gasteiger partial charge >= 0.3 is 5.97 Å². The predicted octanol–water partition coefficient (Wildman–Crippen LogP) is 3.83. The number of rotatable bonds is 15. The molecule has 2 amide bonds. The molecule has 50 heavy (non-hydrogen) atoms. The molecular formula is C36H51N5O8S. The molecule has 1 aliphatic heterocycles. The number of aromatic nitrogens is 1. The van der Waals surface area contributed by atoms with Crippen LogP contribution in [-0.2, 0) is 29.1 Å². The van der Waals surface area contributed by atoms with E-state index in [1.54, 1.807) is 20.8 Å². The molecule has 1 fully saturated rings. The monoisotopic (exact) mass is 713 g/mol. The van der Waals surface area contributed by atoms with Crippen LogP contribution in [0.15, 0.2) is 53.6 Å². The van der Waals surface area contributed by atoms with Gasteiger partial charge in [-0.25, -0.2) is 13.2 Å². The lowest BCUT2D eigenvalue weighted by atomic mass is 9.90. The first-order chi connectivity index (χ1) is 23.7. The van der Waals surface area contributed by atoms with Crippen molar-refractivity contribution >= 4 is 38.7 Å². The van der Waals surface area contributed by atoms with Crippen LogP contribution in [-0.4, -0.2) is 87.0 Å². The number of carbonyl (C=O) groups is 3. The minimum Gasteiger partial charge on any atom is -0.493 e. The average Bonchev–Trinajstić information content (AvgIpc) is 3.53. The van der Waals surface area contributed by atoms with Gasteiger partial charge in [0.1, 0.15) is 17.7 Å². The van der Waals surface area contributed by atoms with Gasteiger partial charge in [-0.1, -0.05) is 25.1 Å². The van der Waals surface area contributed by atoms with Crippen LogP contribution >= 0.6 is 0 Å². The van der Waals surface area contributed by atoms with Gasteiger partial charge in [0.15, 0.2) is 11.5 Å². The number of hydrogen-bond donors (Lipinski definition) is 4. The molecule has 2 unspecified atom stereocenters. The molecule has 0 bridgehead atoms. The van der Waals surface area contributed by atoms with Crippen LogP contribution < -0.4 is 25.8 Å². The number of nitrogens with one attached hydrogen (secondary N) is 3. The third kappa shape index (κ3) is 9.34. The lowest BCUT2D eigenvalue weighted by molar-refractivity contribution is -0.159. The van der Waals surface area contributed by atoms with E-state index >= 15 is 0 Å². The van der Waals surface area contributed by atoms with E-state index in [9.17, 15) is 22.8 Å². The fraction of sp³-hybridized carbons (Fsp3) is 0.528. The summed E-state index contributed by atoms with van der Waals surface area (Å²) in [5.41, 5.74) is 6.60. The van der Waals surface area contributed by atoms with Crippen LogP contribution in [0.3, 0.4) is 0 Å². The van der Waals surface area contributed by atoms with Crippen LogP contribution in [0.1, 0.15) is 71.3 Å². The number of unbranched alkanes of at least 4 members (excludes halogenated alkanes) is 1. The third-order valence-electron chi connectivity index (χ3n) is 8.89. The van der Waals surface area contributed by atoms with E-state index in [1.807, 2.05) is 37.4 Å². The Bertz CT molecular complexity index is 1750. The molecule has 0 saturated carbocycles. The first-order valence-corrected chi connectivity index (χ1v) is 18.5. The first-order valence-electron chi connectivity index (χ1n) is 17.0. The molecule has 1 aromatic heterocycles. The van der Waals surface area contributed by atoms with Gasteiger partial charge in [0.25, 0.3) is 0 Å². The number of aromatic amines is 1. The maximum absolute atomic E-state index is 14.2. The third-order valence-corrected chi connectivity index (χ3v) is 10.8. The van der Waals surface area contributed by atoms with E-state index in [1.165, 1.54) is 36.7 Å². The number of piperidine rings is 1. The van der Waals surface area contributed by atoms with Gasteiger partial charge in [0.2, 0.25) is 21.8 Å². The number of nitrogens with two attached hydrogens (primary N) is 1. The van der Waals surface area contributed by atoms with E-state index in [2.05, 4.69) is 15.6 Å². The number of nitrogens with zero attached hydrogens (tertiary/aromatic N) is 1. The molecule has 13 nitrogen and oxygen atoms in total. The van der Waals surface area contributed by atoms with Crippen LogP contribution in [0.4, 0.5) is 0 Å². The van der Waals surface area contributed by atoms with E-state index in [0.717, 1.165) is 16.5 Å². The minimum atomic E-state index is -3.98. The van der Waals surface area contributed by atoms with Gasteiger partial charge < -0.3 is 35.6 Å². The molecule has 0 radical (unpaired) electrons. The molecule has 3 aromatic rings. The Hall–Kier alpha value is -4.14. The summed E-state index contributed by atoms with van der Waals surface area (Å²) >= 11 is 0. The fourth-order valence-electron chi connectivity index (χ4n) is 6.22. The van der Waals surface area contributed by atoms with Crippen molar-refractivity contribution in [2.45, 2.75) is 88.3 Å². The number of hydrogen-bond acceptors (Lipinski definition) is 9. The summed E-state index contributed by atoms with van der Waals surface area (Å²) in [5.74, 6) is -2.18. The fourth-order valence-corrected chi connectivity index (χ4v) is 7.76. The number of H-pyrrole nitrogens is 1. The highest BCUT2D eigenvalue weighted by molar-refractivity contribution is 7.89. The highest BCUT2D eigenvalue weighted by Gasteiger charge is 2.38. The van der Waals surface area contributed by atoms with Crippen LogP contribution in [0.5, 0.6) is 11.5 Å². The zero-order valence-electron chi connectivity index (χ0n) is 29.8. The van der Waals surface area contributed by atoms with Crippen LogP contribution in [0.25, 0.3) is 10.9 Å². The smallest absolute Gasteiger partial charge is 0.329 e. The molecule has 4 atom stereocenters. The zero-order valence-corrected chi connectivity index (χ0v) is 30.6. The molecule has 274 valence electrons. The molecule has 0 aliphatic carbocycles. The SMILES string of the molecule is COc1ccc(S(=O)(=O)N2CCCC(C(=O)NC(C(=O)N[C@@H](CCCCN)C(=O)OC(C)(C)C)[C@@H](C)c3c[nH]c4ccccc34)C2)cc1OC. The summed E-state index contributed by atoms with van der Waals surface area (Å²) in [6.07, 6.45) is 4.24. The van der Waals surface area contributed by atoms with Crippen molar-refractivity contribution in [2.24, 2.45) is 11.7 Å². The summed E-state index contributed by atoms with van der Waals surface area (Å²) in [6, 6.07) is 9.96. The Labute approximate surface area is 294 Å². The predicted molar refractivity (Wildman–Crippen MR) is 190 cm³/mol. The van der Waals surface area contributed by atoms with Crippen LogP contribution in [0.2, 0.25) is 0 Å². The Morgan fingerprint density at radius 1 is 1.04 bits per heavy atom. The molecule has 0 spiro atoms. The number of methoxy groups -OCH3 is 2. The number of benzene rings is 2. The summed E-state index contributed by atoms with van der Waals surface area (Å²) in [5, 5.41) is 6.71. The number of amides is 2. The number of para-hydroxylation sites is 1. The van der Waals surface area contributed by atoms with Crippen LogP contribution in [0, 0.1) is 5.92 Å². The number of sulfonamides is 1. The molecule has 2 heterocycles. The van der Waals surface area contributed by atoms with Gasteiger partial charge in [-0.05, 0) is 83.2 Å². The van der Waals surface area contributed by atoms with E-state index in [4.69, 9.17) is 19.9 Å². The van der Waals surface area contributed by atoms with Crippen molar-refractivity contribution in [1.29, 1.82) is 0 Å². The lowest BCUT2D eigenvalue weighted by Crippen LogP contribution is -2.56. The van der Waals surface area contributed by atoms with Crippen molar-refractivity contribution in [1.82, 2.24) is 19.9 Å². The van der Waals surface area contributed by atoms with Crippen molar-refractivity contribution in [3.8, 4) is 11.5 Å². The summed E-state index contributed by atoms with van der Waals surface area (Å²) in [6.45, 7) is 7.70. The van der Waals surface area contributed by atoms with Crippen molar-refractivity contribution < 1.29 is 37.0 Å². The number of esters is 1. The molecule has 5 N–H and O–H groups in total.